The molecule has 1 aromatic heterocycles. The Morgan fingerprint density at radius 1 is 1.29 bits per heavy atom. The molecule has 0 aromatic carbocycles. The Hall–Kier alpha value is -4.19. The van der Waals surface area contributed by atoms with Crippen LogP contribution in [0.4, 0.5) is 24.7 Å². The molecule has 0 spiro atoms. The van der Waals surface area contributed by atoms with Crippen LogP contribution in [0.1, 0.15) is 13.8 Å². The van der Waals surface area contributed by atoms with Crippen molar-refractivity contribution >= 4 is 23.2 Å². The summed E-state index contributed by atoms with van der Waals surface area (Å²) in [6.07, 6.45) is 9.22. The van der Waals surface area contributed by atoms with Crippen LogP contribution in [0.3, 0.4) is 0 Å². The second kappa shape index (κ2) is 12.2. The van der Waals surface area contributed by atoms with Crippen LogP contribution in [0.15, 0.2) is 95.2 Å². The minimum atomic E-state index is -4.63. The van der Waals surface area contributed by atoms with Gasteiger partial charge in [0.1, 0.15) is 5.82 Å². The summed E-state index contributed by atoms with van der Waals surface area (Å²) >= 11 is 0. The SMILES string of the molecule is C=C/C(C)=C\C=C1/CN=C(C(F)(F)F)N(c2ccc(NC(=O)/C=C/C(C#N)=C\C=C/C)nc2)C1. The van der Waals surface area contributed by atoms with E-state index in [0.717, 1.165) is 10.5 Å². The summed E-state index contributed by atoms with van der Waals surface area (Å²) in [5, 5.41) is 11.5. The molecule has 9 heteroatoms. The number of pyridine rings is 1. The second-order valence-corrected chi connectivity index (χ2v) is 7.15. The maximum absolute atomic E-state index is 13.5. The second-order valence-electron chi connectivity index (χ2n) is 7.15. The minimum absolute atomic E-state index is 0.00906. The third kappa shape index (κ3) is 7.74. The monoisotopic (exact) mass is 467 g/mol. The van der Waals surface area contributed by atoms with Crippen molar-refractivity contribution in [3.63, 3.8) is 0 Å². The third-order valence-electron chi connectivity index (χ3n) is 4.53. The Kier molecular flexibility index (Phi) is 9.32. The first kappa shape index (κ1) is 26.1. The lowest BCUT2D eigenvalue weighted by Crippen LogP contribution is -2.45. The zero-order valence-electron chi connectivity index (χ0n) is 18.8. The van der Waals surface area contributed by atoms with Gasteiger partial charge in [-0.15, -0.1) is 0 Å². The van der Waals surface area contributed by atoms with Crippen molar-refractivity contribution in [2.75, 3.05) is 23.3 Å². The van der Waals surface area contributed by atoms with E-state index in [-0.39, 0.29) is 30.2 Å². The number of aromatic nitrogens is 1. The molecule has 0 radical (unpaired) electrons. The van der Waals surface area contributed by atoms with E-state index in [9.17, 15) is 18.0 Å². The molecular weight excluding hydrogens is 443 g/mol. The van der Waals surface area contributed by atoms with Gasteiger partial charge in [-0.05, 0) is 43.7 Å². The molecule has 1 amide bonds. The molecule has 34 heavy (non-hydrogen) atoms. The van der Waals surface area contributed by atoms with Gasteiger partial charge in [-0.2, -0.15) is 18.4 Å². The summed E-state index contributed by atoms with van der Waals surface area (Å²) in [5.41, 5.74) is 2.03. The van der Waals surface area contributed by atoms with Crippen molar-refractivity contribution < 1.29 is 18.0 Å². The number of nitriles is 1. The number of amides is 1. The molecule has 1 N–H and O–H groups in total. The van der Waals surface area contributed by atoms with Gasteiger partial charge in [0.2, 0.25) is 11.7 Å². The Labute approximate surface area is 196 Å². The van der Waals surface area contributed by atoms with Crippen LogP contribution in [0.5, 0.6) is 0 Å². The number of aliphatic imine (C=N–C) groups is 1. The van der Waals surface area contributed by atoms with E-state index in [1.807, 2.05) is 13.0 Å². The Bertz CT molecular complexity index is 1130. The van der Waals surface area contributed by atoms with Crippen molar-refractivity contribution in [3.8, 4) is 6.07 Å². The van der Waals surface area contributed by atoms with Crippen LogP contribution in [0.25, 0.3) is 0 Å². The van der Waals surface area contributed by atoms with Gasteiger partial charge in [-0.3, -0.25) is 9.79 Å². The number of alkyl halides is 3. The summed E-state index contributed by atoms with van der Waals surface area (Å²) in [6.45, 7) is 7.21. The molecule has 2 rings (SSSR count). The first-order chi connectivity index (χ1) is 16.2. The first-order valence-electron chi connectivity index (χ1n) is 10.2. The predicted octanol–water partition coefficient (Wildman–Crippen LogP) is 5.44. The van der Waals surface area contributed by atoms with Crippen LogP contribution >= 0.6 is 0 Å². The van der Waals surface area contributed by atoms with Crippen molar-refractivity contribution in [2.24, 2.45) is 4.99 Å². The summed E-state index contributed by atoms with van der Waals surface area (Å²) in [5.74, 6) is -1.39. The van der Waals surface area contributed by atoms with Gasteiger partial charge in [0.25, 0.3) is 0 Å². The predicted molar refractivity (Wildman–Crippen MR) is 128 cm³/mol. The highest BCUT2D eigenvalue weighted by Crippen LogP contribution is 2.28. The highest BCUT2D eigenvalue weighted by molar-refractivity contribution is 6.03. The Morgan fingerprint density at radius 2 is 2.06 bits per heavy atom. The maximum Gasteiger partial charge on any atom is 0.449 e. The van der Waals surface area contributed by atoms with Gasteiger partial charge in [0, 0.05) is 12.6 Å². The van der Waals surface area contributed by atoms with E-state index < -0.39 is 17.9 Å². The molecule has 6 nitrogen and oxygen atoms in total. The number of halogens is 3. The fourth-order valence-corrected chi connectivity index (χ4v) is 2.75. The normalized spacial score (nSPS) is 16.6. The molecule has 1 aromatic rings. The van der Waals surface area contributed by atoms with Crippen LogP contribution in [0.2, 0.25) is 0 Å². The minimum Gasteiger partial charge on any atom is -0.317 e. The number of allylic oxidation sites excluding steroid dienone is 9. The van der Waals surface area contributed by atoms with Crippen molar-refractivity contribution in [2.45, 2.75) is 20.0 Å². The van der Waals surface area contributed by atoms with Gasteiger partial charge >= 0.3 is 6.18 Å². The van der Waals surface area contributed by atoms with Crippen LogP contribution in [0, 0.1) is 11.3 Å². The van der Waals surface area contributed by atoms with E-state index in [1.165, 1.54) is 30.5 Å². The Morgan fingerprint density at radius 3 is 2.65 bits per heavy atom. The van der Waals surface area contributed by atoms with Gasteiger partial charge in [0.05, 0.1) is 30.1 Å². The molecule has 0 saturated heterocycles. The number of hydrogen-bond donors (Lipinski definition) is 1. The molecule has 0 unspecified atom stereocenters. The quantitative estimate of drug-likeness (QED) is 0.329. The van der Waals surface area contributed by atoms with Gasteiger partial charge in [-0.1, -0.05) is 42.5 Å². The zero-order valence-corrected chi connectivity index (χ0v) is 18.8. The number of rotatable bonds is 7. The number of nitrogens with zero attached hydrogens (tertiary/aromatic N) is 4. The largest absolute Gasteiger partial charge is 0.449 e. The summed E-state index contributed by atoms with van der Waals surface area (Å²) in [4.78, 5) is 20.9. The molecule has 0 bridgehead atoms. The van der Waals surface area contributed by atoms with E-state index >= 15 is 0 Å². The number of carbonyl (C=O) groups is 1. The van der Waals surface area contributed by atoms with Crippen LogP contribution in [-0.4, -0.2) is 36.0 Å². The van der Waals surface area contributed by atoms with E-state index in [1.54, 1.807) is 43.4 Å². The smallest absolute Gasteiger partial charge is 0.317 e. The van der Waals surface area contributed by atoms with Gasteiger partial charge < -0.3 is 10.2 Å². The Balaban J connectivity index is 2.21. The van der Waals surface area contributed by atoms with E-state index in [4.69, 9.17) is 5.26 Å². The molecule has 0 saturated carbocycles. The molecule has 1 aliphatic rings. The van der Waals surface area contributed by atoms with E-state index in [0.29, 0.717) is 5.57 Å². The van der Waals surface area contributed by atoms with Gasteiger partial charge in [0.15, 0.2) is 0 Å². The fourth-order valence-electron chi connectivity index (χ4n) is 2.75. The van der Waals surface area contributed by atoms with Crippen molar-refractivity contribution in [1.82, 2.24) is 4.98 Å². The standard InChI is InChI=1S/C25H24F3N5O/c1-4-6-7-19(14-29)10-13-23(34)32-22-12-11-21(16-30-22)33-17-20(9-8-18(3)5-2)15-31-24(33)25(26,27)28/h4-13,16H,2,15,17H2,1,3H3,(H,30,32,34)/b6-4-,13-10+,18-8-,19-7+,20-9+. The number of anilines is 2. The maximum atomic E-state index is 13.5. The molecule has 0 fully saturated rings. The number of carbonyl (C=O) groups excluding carboxylic acids is 1. The average molecular weight is 467 g/mol. The number of amidine groups is 1. The topological polar surface area (TPSA) is 81.4 Å². The van der Waals surface area contributed by atoms with Crippen LogP contribution in [-0.2, 0) is 4.79 Å². The van der Waals surface area contributed by atoms with E-state index in [2.05, 4.69) is 21.9 Å². The molecule has 176 valence electrons. The summed E-state index contributed by atoms with van der Waals surface area (Å²) < 4.78 is 40.6. The molecule has 0 atom stereocenters. The molecular formula is C25H24F3N5O. The summed E-state index contributed by atoms with van der Waals surface area (Å²) in [7, 11) is 0. The first-order valence-corrected chi connectivity index (χ1v) is 10.2. The highest BCUT2D eigenvalue weighted by Gasteiger charge is 2.42. The lowest BCUT2D eigenvalue weighted by Gasteiger charge is -2.31. The average Bonchev–Trinajstić information content (AvgIpc) is 2.82. The third-order valence-corrected chi connectivity index (χ3v) is 4.53. The molecule has 1 aliphatic heterocycles. The number of nitrogens with one attached hydrogen (secondary N) is 1. The van der Waals surface area contributed by atoms with Crippen LogP contribution < -0.4 is 10.2 Å². The lowest BCUT2D eigenvalue weighted by molar-refractivity contribution is -0.111. The van der Waals surface area contributed by atoms with Crippen molar-refractivity contribution in [3.05, 3.63) is 90.2 Å². The van der Waals surface area contributed by atoms with Gasteiger partial charge in [-0.25, -0.2) is 4.98 Å². The zero-order chi connectivity index (χ0) is 25.1. The highest BCUT2D eigenvalue weighted by atomic mass is 19.4. The summed E-state index contributed by atoms with van der Waals surface area (Å²) in [6, 6.07) is 4.77. The molecule has 2 heterocycles. The fraction of sp³-hybridized carbons (Fsp3) is 0.200. The van der Waals surface area contributed by atoms with Crippen molar-refractivity contribution in [1.29, 1.82) is 5.26 Å². The number of hydrogen-bond acceptors (Lipinski definition) is 5. The lowest BCUT2D eigenvalue weighted by atomic mass is 10.1. The molecule has 0 aliphatic carbocycles.